The van der Waals surface area contributed by atoms with Crippen LogP contribution < -0.4 is 5.32 Å². The zero-order chi connectivity index (χ0) is 13.3. The number of fused-ring (bicyclic) bond motifs is 1. The number of hydrogen-bond acceptors (Lipinski definition) is 3. The molecule has 1 N–H and O–H groups in total. The maximum absolute atomic E-state index is 11.8. The van der Waals surface area contributed by atoms with Crippen LogP contribution in [0.3, 0.4) is 0 Å². The Hall–Kier alpha value is -1.62. The first kappa shape index (κ1) is 12.8. The normalized spacial score (nSPS) is 14.4. The van der Waals surface area contributed by atoms with Gasteiger partial charge in [0.15, 0.2) is 0 Å². The van der Waals surface area contributed by atoms with Crippen LogP contribution >= 0.6 is 11.6 Å². The van der Waals surface area contributed by atoms with Gasteiger partial charge in [0.05, 0.1) is 17.1 Å². The molecule has 2 heterocycles. The predicted molar refractivity (Wildman–Crippen MR) is 70.6 cm³/mol. The number of carbonyl (C=O) groups excluding carboxylic acids is 1. The number of alkyl halides is 1. The van der Waals surface area contributed by atoms with Crippen LogP contribution in [0.4, 0.5) is 0 Å². The molecule has 6 heteroatoms. The largest absolute Gasteiger partial charge is 0.357 e. The van der Waals surface area contributed by atoms with Crippen LogP contribution in [0.1, 0.15) is 31.1 Å². The van der Waals surface area contributed by atoms with Crippen molar-refractivity contribution in [3.63, 3.8) is 0 Å². The Kier molecular flexibility index (Phi) is 3.52. The number of amides is 1. The van der Waals surface area contributed by atoms with Crippen molar-refractivity contribution in [1.29, 1.82) is 0 Å². The van der Waals surface area contributed by atoms with Gasteiger partial charge in [0, 0.05) is 13.2 Å². The van der Waals surface area contributed by atoms with Gasteiger partial charge in [0.25, 0.3) is 0 Å². The molecule has 0 radical (unpaired) electrons. The van der Waals surface area contributed by atoms with E-state index in [1.807, 2.05) is 24.5 Å². The Labute approximate surface area is 110 Å². The van der Waals surface area contributed by atoms with Gasteiger partial charge in [-0.15, -0.1) is 11.6 Å². The number of imidazole rings is 1. The first-order chi connectivity index (χ1) is 8.56. The van der Waals surface area contributed by atoms with E-state index in [-0.39, 0.29) is 17.3 Å². The first-order valence-electron chi connectivity index (χ1n) is 5.73. The minimum Gasteiger partial charge on any atom is -0.357 e. The van der Waals surface area contributed by atoms with Crippen molar-refractivity contribution in [1.82, 2.24) is 19.9 Å². The van der Waals surface area contributed by atoms with E-state index < -0.39 is 0 Å². The summed E-state index contributed by atoms with van der Waals surface area (Å²) in [6, 6.07) is 1.48. The summed E-state index contributed by atoms with van der Waals surface area (Å²) in [5.41, 5.74) is 1.61. The van der Waals surface area contributed by atoms with Gasteiger partial charge in [-0.2, -0.15) is 0 Å². The molecule has 2 atom stereocenters. The molecule has 18 heavy (non-hydrogen) atoms. The maximum Gasteiger partial charge on any atom is 0.242 e. The molecular weight excluding hydrogens is 252 g/mol. The molecule has 2 aromatic heterocycles. The van der Waals surface area contributed by atoms with Crippen molar-refractivity contribution in [3.05, 3.63) is 24.3 Å². The number of nitrogens with one attached hydrogen (secondary N) is 1. The lowest BCUT2D eigenvalue weighted by Crippen LogP contribution is -2.28. The smallest absolute Gasteiger partial charge is 0.242 e. The monoisotopic (exact) mass is 266 g/mol. The van der Waals surface area contributed by atoms with Gasteiger partial charge in [-0.3, -0.25) is 9.78 Å². The summed E-state index contributed by atoms with van der Waals surface area (Å²) in [7, 11) is 1.61. The van der Waals surface area contributed by atoms with Crippen molar-refractivity contribution in [2.75, 3.05) is 7.05 Å². The fraction of sp³-hybridized carbons (Fsp3) is 0.417. The molecule has 0 saturated carbocycles. The Balaban J connectivity index is 2.65. The molecule has 2 unspecified atom stereocenters. The van der Waals surface area contributed by atoms with Crippen LogP contribution in [0.25, 0.3) is 11.0 Å². The molecular formula is C12H15ClN4O. The molecule has 1 amide bonds. The van der Waals surface area contributed by atoms with Crippen LogP contribution in [-0.2, 0) is 4.79 Å². The molecule has 0 saturated heterocycles. The molecule has 2 rings (SSSR count). The van der Waals surface area contributed by atoms with E-state index in [1.165, 1.54) is 0 Å². The Bertz CT molecular complexity index is 578. The van der Waals surface area contributed by atoms with Crippen molar-refractivity contribution >= 4 is 28.5 Å². The minimum atomic E-state index is -0.362. The highest BCUT2D eigenvalue weighted by molar-refractivity contribution is 6.20. The lowest BCUT2D eigenvalue weighted by Gasteiger charge is -2.17. The number of carbonyl (C=O) groups is 1. The van der Waals surface area contributed by atoms with Crippen molar-refractivity contribution in [2.45, 2.75) is 25.3 Å². The highest BCUT2D eigenvalue weighted by atomic mass is 35.5. The molecule has 0 aromatic carbocycles. The zero-order valence-corrected chi connectivity index (χ0v) is 11.3. The third-order valence-corrected chi connectivity index (χ3v) is 3.08. The lowest BCUT2D eigenvalue weighted by atomic mass is 10.2. The number of halogens is 1. The second-order valence-electron chi connectivity index (χ2n) is 4.11. The fourth-order valence-electron chi connectivity index (χ4n) is 1.98. The summed E-state index contributed by atoms with van der Waals surface area (Å²) in [6.45, 7) is 3.66. The fourth-order valence-corrected chi connectivity index (χ4v) is 2.14. The first-order valence-corrected chi connectivity index (χ1v) is 6.17. The van der Waals surface area contributed by atoms with E-state index in [9.17, 15) is 4.79 Å². The minimum absolute atomic E-state index is 0.0790. The molecule has 0 fully saturated rings. The highest BCUT2D eigenvalue weighted by Crippen LogP contribution is 2.27. The lowest BCUT2D eigenvalue weighted by molar-refractivity contribution is -0.123. The summed E-state index contributed by atoms with van der Waals surface area (Å²) in [5, 5.41) is 2.36. The molecule has 0 bridgehead atoms. The molecule has 2 aromatic rings. The molecule has 0 aliphatic carbocycles. The van der Waals surface area contributed by atoms with Gasteiger partial charge in [0.1, 0.15) is 17.4 Å². The van der Waals surface area contributed by atoms with Crippen LogP contribution in [0.5, 0.6) is 0 Å². The van der Waals surface area contributed by atoms with Crippen LogP contribution in [-0.4, -0.2) is 27.5 Å². The third kappa shape index (κ3) is 2.06. The van der Waals surface area contributed by atoms with Gasteiger partial charge in [-0.05, 0) is 19.9 Å². The molecule has 96 valence electrons. The number of hydrogen-bond donors (Lipinski definition) is 1. The summed E-state index contributed by atoms with van der Waals surface area (Å²) < 4.78 is 1.85. The van der Waals surface area contributed by atoms with Gasteiger partial charge < -0.3 is 9.88 Å². The second kappa shape index (κ2) is 4.94. The quantitative estimate of drug-likeness (QED) is 0.865. The van der Waals surface area contributed by atoms with Crippen LogP contribution in [0.2, 0.25) is 0 Å². The van der Waals surface area contributed by atoms with E-state index >= 15 is 0 Å². The highest BCUT2D eigenvalue weighted by Gasteiger charge is 2.22. The predicted octanol–water partition coefficient (Wildman–Crippen LogP) is 2.04. The average Bonchev–Trinajstić information content (AvgIpc) is 2.76. The number of rotatable bonds is 3. The zero-order valence-electron chi connectivity index (χ0n) is 10.5. The Morgan fingerprint density at radius 2 is 2.22 bits per heavy atom. The Morgan fingerprint density at radius 1 is 1.50 bits per heavy atom. The van der Waals surface area contributed by atoms with E-state index in [0.717, 1.165) is 11.0 Å². The summed E-state index contributed by atoms with van der Waals surface area (Å²) in [5.74, 6) is 0.598. The topological polar surface area (TPSA) is 59.8 Å². The molecule has 0 aliphatic rings. The SMILES string of the molecule is CNC(=O)C(C)n1c(C(C)Cl)nc2cnccc21. The van der Waals surface area contributed by atoms with E-state index in [2.05, 4.69) is 15.3 Å². The van der Waals surface area contributed by atoms with Gasteiger partial charge in [-0.1, -0.05) is 0 Å². The third-order valence-electron chi connectivity index (χ3n) is 2.89. The number of aromatic nitrogens is 3. The van der Waals surface area contributed by atoms with E-state index in [4.69, 9.17) is 11.6 Å². The molecule has 5 nitrogen and oxygen atoms in total. The van der Waals surface area contributed by atoms with Crippen LogP contribution in [0.15, 0.2) is 18.5 Å². The van der Waals surface area contributed by atoms with Crippen molar-refractivity contribution in [2.24, 2.45) is 0 Å². The number of nitrogens with zero attached hydrogens (tertiary/aromatic N) is 3. The van der Waals surface area contributed by atoms with Crippen molar-refractivity contribution in [3.8, 4) is 0 Å². The van der Waals surface area contributed by atoms with Gasteiger partial charge in [-0.25, -0.2) is 4.98 Å². The van der Waals surface area contributed by atoms with E-state index in [1.54, 1.807) is 19.4 Å². The average molecular weight is 267 g/mol. The summed E-state index contributed by atoms with van der Waals surface area (Å²) in [4.78, 5) is 20.3. The van der Waals surface area contributed by atoms with Gasteiger partial charge in [0.2, 0.25) is 5.91 Å². The summed E-state index contributed by atoms with van der Waals surface area (Å²) >= 11 is 6.14. The number of likely N-dealkylation sites (N-methyl/N-ethyl adjacent to an activating group) is 1. The standard InChI is InChI=1S/C12H15ClN4O/c1-7(13)11-16-9-6-15-5-4-10(9)17(11)8(2)12(18)14-3/h4-8H,1-3H3,(H,14,18). The Morgan fingerprint density at radius 3 is 2.83 bits per heavy atom. The second-order valence-corrected chi connectivity index (χ2v) is 4.77. The van der Waals surface area contributed by atoms with Crippen molar-refractivity contribution < 1.29 is 4.79 Å². The number of pyridine rings is 1. The maximum atomic E-state index is 11.8. The van der Waals surface area contributed by atoms with Gasteiger partial charge >= 0.3 is 0 Å². The molecule has 0 aliphatic heterocycles. The summed E-state index contributed by atoms with van der Waals surface area (Å²) in [6.07, 6.45) is 3.35. The molecule has 0 spiro atoms. The van der Waals surface area contributed by atoms with Crippen LogP contribution in [0, 0.1) is 0 Å². The van der Waals surface area contributed by atoms with E-state index in [0.29, 0.717) is 5.82 Å².